The van der Waals surface area contributed by atoms with E-state index in [9.17, 15) is 19.7 Å². The topological polar surface area (TPSA) is 108 Å². The van der Waals surface area contributed by atoms with Crippen molar-refractivity contribution in [3.63, 3.8) is 0 Å². The average molecular weight is 508 g/mol. The fourth-order valence-corrected chi connectivity index (χ4v) is 6.25. The Hall–Kier alpha value is -4.66. The molecular weight excluding hydrogens is 482 g/mol. The number of non-ortho nitro benzene ring substituents is 1. The second kappa shape index (κ2) is 7.92. The van der Waals surface area contributed by atoms with Gasteiger partial charge in [0, 0.05) is 18.1 Å². The summed E-state index contributed by atoms with van der Waals surface area (Å²) in [6.45, 7) is 7.47. The second-order valence-corrected chi connectivity index (χ2v) is 10.2. The quantitative estimate of drug-likeness (QED) is 0.360. The zero-order chi connectivity index (χ0) is 27.0. The molecule has 2 heterocycles. The van der Waals surface area contributed by atoms with Gasteiger partial charge in [-0.3, -0.25) is 19.7 Å². The fraction of sp³-hybridized carbons (Fsp3) is 0.241. The van der Waals surface area contributed by atoms with Crippen molar-refractivity contribution in [2.45, 2.75) is 33.6 Å². The standard InChI is InChI=1S/C29H25N5O4/c1-17-5-11-22(12-6-17)32-26(35)28(19(3)30-32)25(21-9-15-24(16-10-21)34(37)38)29(28)20(4)31-33(27(29)36)23-13-7-18(2)8-14-23/h5-16,25H,1-4H3/t28-,29-/m0/s1. The molecule has 9 nitrogen and oxygen atoms in total. The Kier molecular flexibility index (Phi) is 4.94. The number of hydrogen-bond donors (Lipinski definition) is 0. The van der Waals surface area contributed by atoms with E-state index in [0.29, 0.717) is 28.4 Å². The van der Waals surface area contributed by atoms with E-state index < -0.39 is 21.7 Å². The van der Waals surface area contributed by atoms with E-state index >= 15 is 0 Å². The summed E-state index contributed by atoms with van der Waals surface area (Å²) in [5.74, 6) is -1.24. The second-order valence-electron chi connectivity index (χ2n) is 10.2. The van der Waals surface area contributed by atoms with E-state index in [-0.39, 0.29) is 17.5 Å². The molecule has 0 bridgehead atoms. The number of fused-ring (bicyclic) bond motifs is 1. The number of amides is 2. The van der Waals surface area contributed by atoms with E-state index in [4.69, 9.17) is 0 Å². The molecule has 0 unspecified atom stereocenters. The maximum atomic E-state index is 14.4. The Morgan fingerprint density at radius 2 is 1.08 bits per heavy atom. The maximum absolute atomic E-state index is 14.4. The molecule has 2 amide bonds. The Morgan fingerprint density at radius 1 is 0.684 bits per heavy atom. The van der Waals surface area contributed by atoms with Crippen molar-refractivity contribution in [1.29, 1.82) is 0 Å². The van der Waals surface area contributed by atoms with Gasteiger partial charge < -0.3 is 0 Å². The van der Waals surface area contributed by atoms with Gasteiger partial charge in [0.25, 0.3) is 17.5 Å². The van der Waals surface area contributed by atoms with Gasteiger partial charge in [0.05, 0.1) is 27.7 Å². The summed E-state index contributed by atoms with van der Waals surface area (Å²) in [5, 5.41) is 23.4. The van der Waals surface area contributed by atoms with Crippen molar-refractivity contribution in [2.24, 2.45) is 21.0 Å². The smallest absolute Gasteiger partial charge is 0.269 e. The van der Waals surface area contributed by atoms with Crippen molar-refractivity contribution in [1.82, 2.24) is 0 Å². The molecule has 3 aliphatic rings. The van der Waals surface area contributed by atoms with Crippen molar-refractivity contribution in [3.05, 3.63) is 99.6 Å². The lowest BCUT2D eigenvalue weighted by Crippen LogP contribution is -2.40. The Labute approximate surface area is 219 Å². The van der Waals surface area contributed by atoms with Crippen molar-refractivity contribution in [2.75, 3.05) is 10.0 Å². The summed E-state index contributed by atoms with van der Waals surface area (Å²) < 4.78 is 0. The van der Waals surface area contributed by atoms with Crippen LogP contribution in [-0.4, -0.2) is 28.2 Å². The van der Waals surface area contributed by atoms with Gasteiger partial charge in [0.1, 0.15) is 10.8 Å². The van der Waals surface area contributed by atoms with Gasteiger partial charge >= 0.3 is 0 Å². The summed E-state index contributed by atoms with van der Waals surface area (Å²) in [4.78, 5) is 39.6. The number of nitro benzene ring substituents is 1. The molecule has 38 heavy (non-hydrogen) atoms. The predicted molar refractivity (Wildman–Crippen MR) is 144 cm³/mol. The largest absolute Gasteiger partial charge is 0.271 e. The third kappa shape index (κ3) is 2.87. The molecular formula is C29H25N5O4. The normalized spacial score (nSPS) is 25.8. The third-order valence-electron chi connectivity index (χ3n) is 8.10. The number of hydrogen-bond acceptors (Lipinski definition) is 6. The van der Waals surface area contributed by atoms with Crippen LogP contribution in [0.15, 0.2) is 83.0 Å². The monoisotopic (exact) mass is 507 g/mol. The lowest BCUT2D eigenvalue weighted by atomic mass is 9.85. The van der Waals surface area contributed by atoms with Crippen molar-refractivity contribution >= 4 is 40.3 Å². The molecule has 2 spiro atoms. The van der Waals surface area contributed by atoms with E-state index in [0.717, 1.165) is 11.1 Å². The maximum Gasteiger partial charge on any atom is 0.269 e. The highest BCUT2D eigenvalue weighted by Gasteiger charge is 2.91. The molecule has 9 heteroatoms. The van der Waals surface area contributed by atoms with Crippen LogP contribution in [0.3, 0.4) is 0 Å². The predicted octanol–water partition coefficient (Wildman–Crippen LogP) is 5.13. The number of carbonyl (C=O) groups excluding carboxylic acids is 2. The summed E-state index contributed by atoms with van der Waals surface area (Å²) in [6, 6.07) is 21.0. The molecule has 0 saturated heterocycles. The molecule has 1 fully saturated rings. The van der Waals surface area contributed by atoms with Crippen LogP contribution in [0.1, 0.15) is 36.5 Å². The highest BCUT2D eigenvalue weighted by molar-refractivity contribution is 6.37. The molecule has 2 aliphatic heterocycles. The van der Waals surface area contributed by atoms with Gasteiger partial charge in [-0.05, 0) is 57.5 Å². The Bertz CT molecular complexity index is 1490. The SMILES string of the molecule is CC1=NN(c2ccc(C)cc2)C(=O)[C@@]12C(c1ccc([N+](=O)[O-])cc1)[C@@]21C(=O)N(c2ccc(C)cc2)N=C1C. The molecule has 0 radical (unpaired) electrons. The molecule has 3 aromatic rings. The van der Waals surface area contributed by atoms with Crippen LogP contribution in [0.4, 0.5) is 17.1 Å². The number of benzene rings is 3. The minimum absolute atomic E-state index is 0.0636. The zero-order valence-corrected chi connectivity index (χ0v) is 21.4. The Balaban J connectivity index is 1.51. The number of nitrogens with zero attached hydrogens (tertiary/aromatic N) is 5. The molecule has 6 rings (SSSR count). The first-order valence-electron chi connectivity index (χ1n) is 12.3. The summed E-state index contributed by atoms with van der Waals surface area (Å²) in [7, 11) is 0. The van der Waals surface area contributed by atoms with Crippen LogP contribution in [0, 0.1) is 34.8 Å². The fourth-order valence-electron chi connectivity index (χ4n) is 6.25. The van der Waals surface area contributed by atoms with E-state index in [1.54, 1.807) is 26.0 Å². The number of rotatable bonds is 4. The molecule has 1 aliphatic carbocycles. The summed E-state index contributed by atoms with van der Waals surface area (Å²) in [6.07, 6.45) is 0. The number of hydrazone groups is 2. The van der Waals surface area contributed by atoms with Crippen LogP contribution in [0.25, 0.3) is 0 Å². The minimum Gasteiger partial charge on any atom is -0.271 e. The van der Waals surface area contributed by atoms with Gasteiger partial charge in [-0.25, -0.2) is 0 Å². The van der Waals surface area contributed by atoms with Crippen molar-refractivity contribution < 1.29 is 14.5 Å². The summed E-state index contributed by atoms with van der Waals surface area (Å²) in [5.41, 5.74) is 2.34. The van der Waals surface area contributed by atoms with Gasteiger partial charge in [0.15, 0.2) is 0 Å². The van der Waals surface area contributed by atoms with Crippen LogP contribution in [0.2, 0.25) is 0 Å². The Morgan fingerprint density at radius 3 is 1.45 bits per heavy atom. The number of nitro groups is 1. The van der Waals surface area contributed by atoms with Gasteiger partial charge in [0.2, 0.25) is 0 Å². The number of aryl methyl sites for hydroxylation is 2. The number of carbonyl (C=O) groups is 2. The zero-order valence-electron chi connectivity index (χ0n) is 21.4. The highest BCUT2D eigenvalue weighted by Crippen LogP contribution is 2.79. The average Bonchev–Trinajstić information content (AvgIpc) is 3.39. The first kappa shape index (κ1) is 23.7. The molecule has 3 aromatic carbocycles. The highest BCUT2D eigenvalue weighted by atomic mass is 16.6. The van der Waals surface area contributed by atoms with Crippen LogP contribution >= 0.6 is 0 Å². The molecule has 190 valence electrons. The van der Waals surface area contributed by atoms with E-state index in [1.807, 2.05) is 62.4 Å². The lowest BCUT2D eigenvalue weighted by molar-refractivity contribution is -0.384. The molecule has 1 saturated carbocycles. The molecule has 2 atom stereocenters. The van der Waals surface area contributed by atoms with Gasteiger partial charge in [-0.1, -0.05) is 47.5 Å². The summed E-state index contributed by atoms with van der Waals surface area (Å²) >= 11 is 0. The van der Waals surface area contributed by atoms with E-state index in [1.165, 1.54) is 22.2 Å². The van der Waals surface area contributed by atoms with Gasteiger partial charge in [-0.2, -0.15) is 20.2 Å². The number of anilines is 2. The first-order chi connectivity index (χ1) is 18.1. The minimum atomic E-state index is -1.29. The van der Waals surface area contributed by atoms with Crippen LogP contribution < -0.4 is 10.0 Å². The van der Waals surface area contributed by atoms with E-state index in [2.05, 4.69) is 10.2 Å². The third-order valence-corrected chi connectivity index (χ3v) is 8.10. The van der Waals surface area contributed by atoms with Gasteiger partial charge in [-0.15, -0.1) is 0 Å². The van der Waals surface area contributed by atoms with Crippen LogP contribution in [-0.2, 0) is 9.59 Å². The first-order valence-corrected chi connectivity index (χ1v) is 12.3. The molecule has 0 aromatic heterocycles. The van der Waals surface area contributed by atoms with Crippen molar-refractivity contribution in [3.8, 4) is 0 Å². The molecule has 0 N–H and O–H groups in total. The van der Waals surface area contributed by atoms with Crippen LogP contribution in [0.5, 0.6) is 0 Å². The lowest BCUT2D eigenvalue weighted by Gasteiger charge is -2.19.